The quantitative estimate of drug-likeness (QED) is 0.566. The summed E-state index contributed by atoms with van der Waals surface area (Å²) in [4.78, 5) is 18.3. The van der Waals surface area contributed by atoms with Gasteiger partial charge in [-0.2, -0.15) is 5.10 Å². The Labute approximate surface area is 173 Å². The lowest BCUT2D eigenvalue weighted by Crippen LogP contribution is -2.36. The second-order valence-corrected chi connectivity index (χ2v) is 7.32. The molecule has 0 aliphatic carbocycles. The molecule has 2 aromatic carbocycles. The van der Waals surface area contributed by atoms with E-state index < -0.39 is 0 Å². The van der Waals surface area contributed by atoms with Gasteiger partial charge in [0.05, 0.1) is 31.8 Å². The number of hydrogen-bond donors (Lipinski definition) is 1. The summed E-state index contributed by atoms with van der Waals surface area (Å²) in [6.07, 6.45) is 2.63. The SMILES string of the molecule is COc1cc2cc(C(=O)N3CCc4c(cnn4-c4ccccc4)C3)[nH]c2cc1OC. The Hall–Kier alpha value is -3.74. The third-order valence-electron chi connectivity index (χ3n) is 5.58. The van der Waals surface area contributed by atoms with Gasteiger partial charge in [-0.3, -0.25) is 4.79 Å². The number of carbonyl (C=O) groups excluding carboxylic acids is 1. The van der Waals surface area contributed by atoms with Crippen molar-refractivity contribution in [1.82, 2.24) is 19.7 Å². The number of carbonyl (C=O) groups is 1. The molecule has 5 rings (SSSR count). The molecule has 0 bridgehead atoms. The van der Waals surface area contributed by atoms with E-state index in [1.165, 1.54) is 0 Å². The van der Waals surface area contributed by atoms with Gasteiger partial charge in [-0.15, -0.1) is 0 Å². The van der Waals surface area contributed by atoms with Gasteiger partial charge in [0.1, 0.15) is 5.69 Å². The molecule has 152 valence electrons. The van der Waals surface area contributed by atoms with Crippen molar-refractivity contribution in [1.29, 1.82) is 0 Å². The zero-order valence-electron chi connectivity index (χ0n) is 16.9. The minimum atomic E-state index is -0.0257. The predicted molar refractivity (Wildman–Crippen MR) is 113 cm³/mol. The highest BCUT2D eigenvalue weighted by Crippen LogP contribution is 2.33. The Kier molecular flexibility index (Phi) is 4.43. The van der Waals surface area contributed by atoms with Gasteiger partial charge in [0.2, 0.25) is 0 Å². The van der Waals surface area contributed by atoms with Crippen LogP contribution in [0, 0.1) is 0 Å². The molecular weight excluding hydrogens is 380 g/mol. The van der Waals surface area contributed by atoms with Crippen LogP contribution in [0.4, 0.5) is 0 Å². The normalized spacial score (nSPS) is 13.3. The zero-order chi connectivity index (χ0) is 20.7. The van der Waals surface area contributed by atoms with Crippen LogP contribution in [0.5, 0.6) is 11.5 Å². The summed E-state index contributed by atoms with van der Waals surface area (Å²) in [5, 5.41) is 5.46. The Morgan fingerprint density at radius 3 is 2.60 bits per heavy atom. The molecule has 0 atom stereocenters. The lowest BCUT2D eigenvalue weighted by molar-refractivity contribution is 0.0729. The van der Waals surface area contributed by atoms with E-state index in [1.54, 1.807) is 14.2 Å². The lowest BCUT2D eigenvalue weighted by atomic mass is 10.1. The van der Waals surface area contributed by atoms with Crippen LogP contribution < -0.4 is 9.47 Å². The Bertz CT molecular complexity index is 1190. The number of methoxy groups -OCH3 is 2. The molecule has 0 fully saturated rings. The van der Waals surface area contributed by atoms with Gasteiger partial charge in [-0.05, 0) is 24.3 Å². The lowest BCUT2D eigenvalue weighted by Gasteiger charge is -2.27. The molecule has 0 saturated heterocycles. The maximum Gasteiger partial charge on any atom is 0.270 e. The molecule has 7 nitrogen and oxygen atoms in total. The van der Waals surface area contributed by atoms with Crippen LogP contribution in [0.15, 0.2) is 54.7 Å². The number of benzene rings is 2. The summed E-state index contributed by atoms with van der Waals surface area (Å²) in [6.45, 7) is 1.19. The topological polar surface area (TPSA) is 72.4 Å². The predicted octanol–water partition coefficient (Wildman–Crippen LogP) is 3.57. The largest absolute Gasteiger partial charge is 0.493 e. The van der Waals surface area contributed by atoms with Crippen molar-refractivity contribution in [2.45, 2.75) is 13.0 Å². The van der Waals surface area contributed by atoms with Gasteiger partial charge in [0.25, 0.3) is 5.91 Å². The Morgan fingerprint density at radius 1 is 1.07 bits per heavy atom. The minimum Gasteiger partial charge on any atom is -0.493 e. The number of amides is 1. The number of para-hydroxylation sites is 1. The van der Waals surface area contributed by atoms with Crippen LogP contribution in [0.1, 0.15) is 21.7 Å². The van der Waals surface area contributed by atoms with Crippen molar-refractivity contribution in [2.75, 3.05) is 20.8 Å². The first-order valence-electron chi connectivity index (χ1n) is 9.83. The maximum absolute atomic E-state index is 13.2. The van der Waals surface area contributed by atoms with Crippen LogP contribution in [0.2, 0.25) is 0 Å². The van der Waals surface area contributed by atoms with Crippen LogP contribution in [-0.2, 0) is 13.0 Å². The molecule has 1 aliphatic rings. The van der Waals surface area contributed by atoms with Gasteiger partial charge < -0.3 is 19.4 Å². The molecule has 1 N–H and O–H groups in total. The minimum absolute atomic E-state index is 0.0257. The summed E-state index contributed by atoms with van der Waals surface area (Å²) in [5.41, 5.74) is 4.68. The van der Waals surface area contributed by atoms with Crippen molar-refractivity contribution < 1.29 is 14.3 Å². The van der Waals surface area contributed by atoms with E-state index in [0.29, 0.717) is 30.3 Å². The number of ether oxygens (including phenoxy) is 2. The summed E-state index contributed by atoms with van der Waals surface area (Å²) >= 11 is 0. The van der Waals surface area contributed by atoms with E-state index in [0.717, 1.165) is 34.3 Å². The standard InChI is InChI=1S/C23H22N4O3/c1-29-21-11-15-10-19(25-18(15)12-22(21)30-2)23(28)26-9-8-20-16(14-26)13-24-27(20)17-6-4-3-5-7-17/h3-7,10-13,25H,8-9,14H2,1-2H3. The maximum atomic E-state index is 13.2. The number of rotatable bonds is 4. The van der Waals surface area contributed by atoms with Gasteiger partial charge in [-0.25, -0.2) is 4.68 Å². The number of hydrogen-bond acceptors (Lipinski definition) is 4. The van der Waals surface area contributed by atoms with Crippen molar-refractivity contribution in [3.8, 4) is 17.2 Å². The molecule has 7 heteroatoms. The van der Waals surface area contributed by atoms with Crippen molar-refractivity contribution in [3.05, 3.63) is 71.7 Å². The fourth-order valence-electron chi connectivity index (χ4n) is 4.04. The second-order valence-electron chi connectivity index (χ2n) is 7.32. The van der Waals surface area contributed by atoms with E-state index in [2.05, 4.69) is 10.1 Å². The van der Waals surface area contributed by atoms with Gasteiger partial charge >= 0.3 is 0 Å². The van der Waals surface area contributed by atoms with Gasteiger partial charge in [0.15, 0.2) is 11.5 Å². The summed E-state index contributed by atoms with van der Waals surface area (Å²) in [5.74, 6) is 1.24. The van der Waals surface area contributed by atoms with E-state index in [-0.39, 0.29) is 5.91 Å². The number of fused-ring (bicyclic) bond motifs is 2. The van der Waals surface area contributed by atoms with E-state index >= 15 is 0 Å². The number of aromatic amines is 1. The summed E-state index contributed by atoms with van der Waals surface area (Å²) in [7, 11) is 3.20. The average molecular weight is 402 g/mol. The van der Waals surface area contributed by atoms with Crippen molar-refractivity contribution in [2.24, 2.45) is 0 Å². The molecular formula is C23H22N4O3. The monoisotopic (exact) mass is 402 g/mol. The third kappa shape index (κ3) is 2.99. The molecule has 0 spiro atoms. The Balaban J connectivity index is 1.41. The highest BCUT2D eigenvalue weighted by Gasteiger charge is 2.26. The average Bonchev–Trinajstić information content (AvgIpc) is 3.41. The van der Waals surface area contributed by atoms with Crippen LogP contribution >= 0.6 is 0 Å². The van der Waals surface area contributed by atoms with E-state index in [1.807, 2.05) is 64.3 Å². The molecule has 30 heavy (non-hydrogen) atoms. The highest BCUT2D eigenvalue weighted by molar-refractivity contribution is 5.98. The first-order valence-corrected chi connectivity index (χ1v) is 9.83. The van der Waals surface area contributed by atoms with Gasteiger partial charge in [-0.1, -0.05) is 18.2 Å². The highest BCUT2D eigenvalue weighted by atomic mass is 16.5. The molecule has 0 unspecified atom stereocenters. The molecule has 1 aliphatic heterocycles. The fraction of sp³-hybridized carbons (Fsp3) is 0.217. The van der Waals surface area contributed by atoms with E-state index in [4.69, 9.17) is 9.47 Å². The van der Waals surface area contributed by atoms with Crippen LogP contribution in [0.3, 0.4) is 0 Å². The molecule has 0 saturated carbocycles. The number of nitrogens with one attached hydrogen (secondary N) is 1. The summed E-state index contributed by atoms with van der Waals surface area (Å²) < 4.78 is 12.7. The van der Waals surface area contributed by atoms with Crippen molar-refractivity contribution >= 4 is 16.8 Å². The number of aromatic nitrogens is 3. The molecule has 4 aromatic rings. The number of H-pyrrole nitrogens is 1. The van der Waals surface area contributed by atoms with Crippen LogP contribution in [0.25, 0.3) is 16.6 Å². The fourth-order valence-corrected chi connectivity index (χ4v) is 4.04. The van der Waals surface area contributed by atoms with Crippen LogP contribution in [-0.4, -0.2) is 46.3 Å². The molecule has 0 radical (unpaired) electrons. The smallest absolute Gasteiger partial charge is 0.270 e. The summed E-state index contributed by atoms with van der Waals surface area (Å²) in [6, 6.07) is 15.7. The molecule has 2 aromatic heterocycles. The van der Waals surface area contributed by atoms with E-state index in [9.17, 15) is 4.79 Å². The number of nitrogens with zero attached hydrogens (tertiary/aromatic N) is 3. The molecule has 3 heterocycles. The van der Waals surface area contributed by atoms with Crippen molar-refractivity contribution in [3.63, 3.8) is 0 Å². The second kappa shape index (κ2) is 7.26. The third-order valence-corrected chi connectivity index (χ3v) is 5.58. The Morgan fingerprint density at radius 2 is 1.83 bits per heavy atom. The zero-order valence-corrected chi connectivity index (χ0v) is 16.9. The first kappa shape index (κ1) is 18.3. The molecule has 1 amide bonds. The van der Waals surface area contributed by atoms with Gasteiger partial charge in [0, 0.05) is 42.0 Å². The first-order chi connectivity index (χ1) is 14.7.